The van der Waals surface area contributed by atoms with E-state index in [0.29, 0.717) is 11.6 Å². The van der Waals surface area contributed by atoms with Gasteiger partial charge in [0.25, 0.3) is 0 Å². The van der Waals surface area contributed by atoms with Crippen LogP contribution in [0.3, 0.4) is 0 Å². The number of halogens is 1. The van der Waals surface area contributed by atoms with Gasteiger partial charge in [0, 0.05) is 11.5 Å². The number of aliphatic hydroxyl groups excluding tert-OH is 1. The highest BCUT2D eigenvalue weighted by molar-refractivity contribution is 5.38. The second-order valence-corrected chi connectivity index (χ2v) is 4.38. The number of hydrogen-bond donors (Lipinski definition) is 1. The maximum atomic E-state index is 13.2. The summed E-state index contributed by atoms with van der Waals surface area (Å²) < 4.78 is 14.9. The second kappa shape index (κ2) is 3.96. The maximum absolute atomic E-state index is 13.2. The average molecular weight is 232 g/mol. The van der Waals surface area contributed by atoms with Gasteiger partial charge in [-0.25, -0.2) is 9.07 Å². The van der Waals surface area contributed by atoms with Gasteiger partial charge < -0.3 is 5.11 Å². The Kier molecular flexibility index (Phi) is 2.44. The molecule has 0 amide bonds. The third kappa shape index (κ3) is 1.85. The summed E-state index contributed by atoms with van der Waals surface area (Å²) in [6.45, 7) is -0.0127. The third-order valence-corrected chi connectivity index (χ3v) is 3.07. The summed E-state index contributed by atoms with van der Waals surface area (Å²) in [4.78, 5) is 0. The van der Waals surface area contributed by atoms with Crippen molar-refractivity contribution in [2.75, 3.05) is 0 Å². The van der Waals surface area contributed by atoms with E-state index in [2.05, 4.69) is 5.10 Å². The predicted octanol–water partition coefficient (Wildman–Crippen LogP) is 2.38. The van der Waals surface area contributed by atoms with Crippen molar-refractivity contribution >= 4 is 0 Å². The van der Waals surface area contributed by atoms with Crippen LogP contribution in [0, 0.1) is 5.82 Å². The number of aliphatic hydroxyl groups is 1. The molecule has 1 aromatic heterocycles. The molecular formula is C13H13FN2O. The molecule has 1 heterocycles. The minimum Gasteiger partial charge on any atom is -0.392 e. The molecule has 0 atom stereocenters. The summed E-state index contributed by atoms with van der Waals surface area (Å²) in [5.41, 5.74) is 2.58. The second-order valence-electron chi connectivity index (χ2n) is 4.38. The van der Waals surface area contributed by atoms with E-state index in [9.17, 15) is 9.50 Å². The minimum absolute atomic E-state index is 0.0127. The van der Waals surface area contributed by atoms with E-state index in [4.69, 9.17) is 0 Å². The SMILES string of the molecule is OCc1cnn(-c2cccc(F)c2)c1C1CC1. The largest absolute Gasteiger partial charge is 0.392 e. The van der Waals surface area contributed by atoms with Crippen LogP contribution < -0.4 is 0 Å². The lowest BCUT2D eigenvalue weighted by Gasteiger charge is -2.08. The monoisotopic (exact) mass is 232 g/mol. The van der Waals surface area contributed by atoms with Gasteiger partial charge in [-0.05, 0) is 31.0 Å². The number of hydrogen-bond acceptors (Lipinski definition) is 2. The van der Waals surface area contributed by atoms with Gasteiger partial charge in [0.15, 0.2) is 0 Å². The van der Waals surface area contributed by atoms with Gasteiger partial charge in [-0.15, -0.1) is 0 Å². The third-order valence-electron chi connectivity index (χ3n) is 3.07. The van der Waals surface area contributed by atoms with Crippen LogP contribution in [-0.4, -0.2) is 14.9 Å². The zero-order valence-electron chi connectivity index (χ0n) is 9.31. The van der Waals surface area contributed by atoms with Crippen molar-refractivity contribution in [3.63, 3.8) is 0 Å². The maximum Gasteiger partial charge on any atom is 0.125 e. The van der Waals surface area contributed by atoms with Gasteiger partial charge in [-0.1, -0.05) is 6.07 Å². The highest BCUT2D eigenvalue weighted by Crippen LogP contribution is 2.42. The first-order valence-electron chi connectivity index (χ1n) is 5.73. The zero-order valence-corrected chi connectivity index (χ0v) is 9.31. The molecule has 17 heavy (non-hydrogen) atoms. The highest BCUT2D eigenvalue weighted by atomic mass is 19.1. The molecule has 1 saturated carbocycles. The van der Waals surface area contributed by atoms with E-state index in [1.165, 1.54) is 12.1 Å². The molecule has 0 radical (unpaired) electrons. The Morgan fingerprint density at radius 2 is 2.24 bits per heavy atom. The van der Waals surface area contributed by atoms with Crippen molar-refractivity contribution in [2.45, 2.75) is 25.4 Å². The summed E-state index contributed by atoms with van der Waals surface area (Å²) in [6, 6.07) is 6.36. The van der Waals surface area contributed by atoms with Gasteiger partial charge in [-0.3, -0.25) is 0 Å². The Morgan fingerprint density at radius 3 is 2.88 bits per heavy atom. The van der Waals surface area contributed by atoms with Crippen molar-refractivity contribution in [1.82, 2.24) is 9.78 Å². The highest BCUT2D eigenvalue weighted by Gasteiger charge is 2.30. The van der Waals surface area contributed by atoms with Crippen LogP contribution in [0.15, 0.2) is 30.5 Å². The molecule has 0 spiro atoms. The topological polar surface area (TPSA) is 38.1 Å². The summed E-state index contributed by atoms with van der Waals surface area (Å²) in [5, 5.41) is 13.5. The molecule has 0 unspecified atom stereocenters. The van der Waals surface area contributed by atoms with Crippen molar-refractivity contribution in [2.24, 2.45) is 0 Å². The standard InChI is InChI=1S/C13H13FN2O/c14-11-2-1-3-12(6-11)16-13(9-4-5-9)10(8-17)7-15-16/h1-3,6-7,9,17H,4-5,8H2. The Bertz CT molecular complexity index is 546. The van der Waals surface area contributed by atoms with E-state index < -0.39 is 0 Å². The smallest absolute Gasteiger partial charge is 0.125 e. The van der Waals surface area contributed by atoms with Crippen molar-refractivity contribution in [3.8, 4) is 5.69 Å². The van der Waals surface area contributed by atoms with E-state index in [-0.39, 0.29) is 12.4 Å². The number of aromatic nitrogens is 2. The first-order valence-corrected chi connectivity index (χ1v) is 5.73. The van der Waals surface area contributed by atoms with Crippen LogP contribution in [0.4, 0.5) is 4.39 Å². The van der Waals surface area contributed by atoms with Crippen molar-refractivity contribution < 1.29 is 9.50 Å². The fourth-order valence-electron chi connectivity index (χ4n) is 2.12. The lowest BCUT2D eigenvalue weighted by atomic mass is 10.2. The van der Waals surface area contributed by atoms with E-state index in [1.54, 1.807) is 16.9 Å². The van der Waals surface area contributed by atoms with Crippen LogP contribution >= 0.6 is 0 Å². The average Bonchev–Trinajstić information content (AvgIpc) is 3.08. The number of benzene rings is 1. The molecule has 1 aliphatic carbocycles. The molecule has 1 aliphatic rings. The molecule has 3 rings (SSSR count). The Labute approximate surface area is 98.5 Å². The van der Waals surface area contributed by atoms with Crippen molar-refractivity contribution in [1.29, 1.82) is 0 Å². The van der Waals surface area contributed by atoms with E-state index in [0.717, 1.165) is 24.1 Å². The number of nitrogens with zero attached hydrogens (tertiary/aromatic N) is 2. The Morgan fingerprint density at radius 1 is 1.41 bits per heavy atom. The minimum atomic E-state index is -0.273. The normalized spacial score (nSPS) is 15.2. The van der Waals surface area contributed by atoms with Crippen LogP contribution in [0.5, 0.6) is 0 Å². The molecule has 2 aromatic rings. The molecule has 1 fully saturated rings. The molecule has 4 heteroatoms. The molecule has 88 valence electrons. The molecule has 3 nitrogen and oxygen atoms in total. The van der Waals surface area contributed by atoms with Crippen LogP contribution in [0.1, 0.15) is 30.0 Å². The van der Waals surface area contributed by atoms with Crippen molar-refractivity contribution in [3.05, 3.63) is 47.5 Å². The summed E-state index contributed by atoms with van der Waals surface area (Å²) >= 11 is 0. The van der Waals surface area contributed by atoms with Gasteiger partial charge >= 0.3 is 0 Å². The molecule has 1 aromatic carbocycles. The van der Waals surface area contributed by atoms with Gasteiger partial charge in [0.1, 0.15) is 5.82 Å². The molecular weight excluding hydrogens is 219 g/mol. The molecule has 0 saturated heterocycles. The van der Waals surface area contributed by atoms with Crippen LogP contribution in [0.25, 0.3) is 5.69 Å². The quantitative estimate of drug-likeness (QED) is 0.882. The fraction of sp³-hybridized carbons (Fsp3) is 0.308. The summed E-state index contributed by atoms with van der Waals surface area (Å²) in [7, 11) is 0. The predicted molar refractivity (Wildman–Crippen MR) is 61.4 cm³/mol. The zero-order chi connectivity index (χ0) is 11.8. The first kappa shape index (κ1) is 10.5. The van der Waals surface area contributed by atoms with Crippen LogP contribution in [-0.2, 0) is 6.61 Å². The lowest BCUT2D eigenvalue weighted by molar-refractivity contribution is 0.280. The van der Waals surface area contributed by atoms with Gasteiger partial charge in [-0.2, -0.15) is 5.10 Å². The summed E-state index contributed by atoms with van der Waals surface area (Å²) in [5.74, 6) is 0.188. The Hall–Kier alpha value is -1.68. The van der Waals surface area contributed by atoms with Gasteiger partial charge in [0.05, 0.1) is 24.2 Å². The summed E-state index contributed by atoms with van der Waals surface area (Å²) in [6.07, 6.45) is 3.90. The molecule has 0 aliphatic heterocycles. The lowest BCUT2D eigenvalue weighted by Crippen LogP contribution is -2.03. The fourth-order valence-corrected chi connectivity index (χ4v) is 2.12. The number of rotatable bonds is 3. The van der Waals surface area contributed by atoms with E-state index in [1.807, 2.05) is 6.07 Å². The van der Waals surface area contributed by atoms with E-state index >= 15 is 0 Å². The van der Waals surface area contributed by atoms with Gasteiger partial charge in [0.2, 0.25) is 0 Å². The van der Waals surface area contributed by atoms with Crippen LogP contribution in [0.2, 0.25) is 0 Å². The first-order chi connectivity index (χ1) is 8.29. The molecule has 1 N–H and O–H groups in total. The Balaban J connectivity index is 2.11. The molecule has 0 bridgehead atoms.